The van der Waals surface area contributed by atoms with Crippen molar-refractivity contribution in [3.63, 3.8) is 0 Å². The topological polar surface area (TPSA) is 122 Å². The molecule has 2 aromatic carbocycles. The molecule has 1 spiro atoms. The van der Waals surface area contributed by atoms with Crippen molar-refractivity contribution in [3.8, 4) is 0 Å². The number of piperidine rings is 1. The second-order valence-corrected chi connectivity index (χ2v) is 12.7. The van der Waals surface area contributed by atoms with E-state index in [4.69, 9.17) is 13.2 Å². The maximum atomic E-state index is 14.8. The summed E-state index contributed by atoms with van der Waals surface area (Å²) in [6.45, 7) is 0.491. The summed E-state index contributed by atoms with van der Waals surface area (Å²) in [6.07, 6.45) is 1.42. The lowest BCUT2D eigenvalue weighted by atomic mass is 9.74. The number of anilines is 1. The van der Waals surface area contributed by atoms with E-state index < -0.39 is 57.7 Å². The van der Waals surface area contributed by atoms with E-state index in [9.17, 15) is 26.8 Å². The molecule has 2 aliphatic rings. The molecule has 216 valence electrons. The summed E-state index contributed by atoms with van der Waals surface area (Å²) >= 11 is 0. The van der Waals surface area contributed by atoms with E-state index in [0.29, 0.717) is 6.07 Å². The predicted octanol–water partition coefficient (Wildman–Crippen LogP) is 2.23. The Morgan fingerprint density at radius 1 is 1.25 bits per heavy atom. The lowest BCUT2D eigenvalue weighted by Gasteiger charge is -2.42. The SMILES string of the molecule is [2H]C([2H])(OC[C@H](NC(=O)C(C)(C)N)C(=C=O)N1CCC2(CC1)CN(S(C)(=O)=O)c1c(F)cc(F)cc12)c1ccccc1. The van der Waals surface area contributed by atoms with Crippen molar-refractivity contribution in [1.29, 1.82) is 0 Å². The normalized spacial score (nSPS) is 18.4. The van der Waals surface area contributed by atoms with Crippen LogP contribution in [0.3, 0.4) is 0 Å². The van der Waals surface area contributed by atoms with Gasteiger partial charge in [0, 0.05) is 31.1 Å². The Morgan fingerprint density at radius 2 is 1.90 bits per heavy atom. The van der Waals surface area contributed by atoms with Crippen LogP contribution < -0.4 is 15.4 Å². The number of sulfonamides is 1. The van der Waals surface area contributed by atoms with Crippen molar-refractivity contribution < 1.29 is 34.3 Å². The van der Waals surface area contributed by atoms with E-state index in [1.807, 2.05) is 5.94 Å². The molecule has 4 rings (SSSR count). The zero-order valence-corrected chi connectivity index (χ0v) is 23.4. The van der Waals surface area contributed by atoms with Gasteiger partial charge in [-0.15, -0.1) is 0 Å². The van der Waals surface area contributed by atoms with Crippen LogP contribution in [0.4, 0.5) is 14.5 Å². The third-order valence-corrected chi connectivity index (χ3v) is 8.41. The molecular formula is C28H34F2N4O5S. The molecule has 2 heterocycles. The van der Waals surface area contributed by atoms with E-state index in [1.54, 1.807) is 35.2 Å². The third-order valence-electron chi connectivity index (χ3n) is 7.30. The number of amides is 1. The van der Waals surface area contributed by atoms with Crippen LogP contribution in [0.15, 0.2) is 48.2 Å². The summed E-state index contributed by atoms with van der Waals surface area (Å²) in [5.41, 5.74) is 4.00. The van der Waals surface area contributed by atoms with E-state index in [1.165, 1.54) is 13.8 Å². The van der Waals surface area contributed by atoms with E-state index >= 15 is 0 Å². The van der Waals surface area contributed by atoms with Crippen molar-refractivity contribution >= 4 is 27.6 Å². The molecule has 0 saturated carbocycles. The van der Waals surface area contributed by atoms with Crippen LogP contribution in [0.1, 0.15) is 40.6 Å². The fraction of sp³-hybridized carbons (Fsp3) is 0.464. The Hall–Kier alpha value is -3.31. The maximum Gasteiger partial charge on any atom is 0.240 e. The highest BCUT2D eigenvalue weighted by Crippen LogP contribution is 2.49. The first-order valence-corrected chi connectivity index (χ1v) is 14.6. The average Bonchev–Trinajstić information content (AvgIpc) is 3.23. The molecular weight excluding hydrogens is 542 g/mol. The first-order valence-electron chi connectivity index (χ1n) is 13.7. The second kappa shape index (κ2) is 11.3. The van der Waals surface area contributed by atoms with Gasteiger partial charge in [-0.25, -0.2) is 22.0 Å². The van der Waals surface area contributed by atoms with Crippen LogP contribution in [0.5, 0.6) is 0 Å². The number of carbonyl (C=O) groups excluding carboxylic acids is 2. The number of benzene rings is 2. The van der Waals surface area contributed by atoms with Gasteiger partial charge in [-0.05, 0) is 43.9 Å². The highest BCUT2D eigenvalue weighted by atomic mass is 32.2. The molecule has 2 aliphatic heterocycles. The number of nitrogens with two attached hydrogens (primary N) is 1. The molecule has 0 aliphatic carbocycles. The van der Waals surface area contributed by atoms with E-state index in [0.717, 1.165) is 16.6 Å². The van der Waals surface area contributed by atoms with Crippen LogP contribution in [0, 0.1) is 11.6 Å². The Balaban J connectivity index is 1.59. The fourth-order valence-corrected chi connectivity index (χ4v) is 6.15. The minimum absolute atomic E-state index is 0.0186. The first kappa shape index (κ1) is 26.9. The minimum atomic E-state index is -3.87. The van der Waals surface area contributed by atoms with Crippen LogP contribution in [-0.4, -0.2) is 69.2 Å². The number of rotatable bonds is 9. The zero-order chi connectivity index (χ0) is 31.1. The van der Waals surface area contributed by atoms with Gasteiger partial charge < -0.3 is 20.7 Å². The number of nitrogens with zero attached hydrogens (tertiary/aromatic N) is 2. The van der Waals surface area contributed by atoms with Crippen molar-refractivity contribution in [2.45, 2.75) is 50.2 Å². The van der Waals surface area contributed by atoms with Gasteiger partial charge >= 0.3 is 0 Å². The Kier molecular flexibility index (Phi) is 7.59. The molecule has 1 fully saturated rings. The predicted molar refractivity (Wildman–Crippen MR) is 147 cm³/mol. The van der Waals surface area contributed by atoms with Gasteiger partial charge in [0.15, 0.2) is 5.82 Å². The van der Waals surface area contributed by atoms with Gasteiger partial charge in [-0.3, -0.25) is 9.10 Å². The third kappa shape index (κ3) is 6.20. The number of halogens is 2. The molecule has 1 atom stereocenters. The van der Waals surface area contributed by atoms with Gasteiger partial charge in [0.1, 0.15) is 23.5 Å². The molecule has 3 N–H and O–H groups in total. The number of carbonyl (C=O) groups is 1. The molecule has 0 aromatic heterocycles. The second-order valence-electron chi connectivity index (χ2n) is 10.8. The van der Waals surface area contributed by atoms with Crippen molar-refractivity contribution in [3.05, 3.63) is 70.9 Å². The largest absolute Gasteiger partial charge is 0.374 e. The molecule has 1 amide bonds. The first-order chi connectivity index (χ1) is 19.5. The number of hydrogen-bond donors (Lipinski definition) is 2. The van der Waals surface area contributed by atoms with Crippen molar-refractivity contribution in [2.75, 3.05) is 36.8 Å². The molecule has 40 heavy (non-hydrogen) atoms. The van der Waals surface area contributed by atoms with E-state index in [-0.39, 0.29) is 55.0 Å². The minimum Gasteiger partial charge on any atom is -0.374 e. The molecule has 1 saturated heterocycles. The quantitative estimate of drug-likeness (QED) is 0.438. The standard InChI is InChI=1S/C28H34F2N4O5S/c1-27(2,31)26(36)32-23(17-39-16-19-7-5-4-6-8-19)24(15-35)33-11-9-28(10-12-33)18-34(40(3,37)38)25-21(28)13-20(29)14-22(25)30/h4-8,13-14,23H,9-12,16-18,31H2,1-3H3,(H,32,36)/t23-/m0/s1/i16D2. The van der Waals surface area contributed by atoms with Gasteiger partial charge in [0.05, 0.1) is 33.4 Å². The monoisotopic (exact) mass is 578 g/mol. The Bertz CT molecular complexity index is 1500. The van der Waals surface area contributed by atoms with Crippen LogP contribution in [0.25, 0.3) is 0 Å². The maximum absolute atomic E-state index is 14.8. The van der Waals surface area contributed by atoms with Crippen LogP contribution >= 0.6 is 0 Å². The van der Waals surface area contributed by atoms with Crippen molar-refractivity contribution in [2.24, 2.45) is 5.73 Å². The molecule has 0 radical (unpaired) electrons. The summed E-state index contributed by atoms with van der Waals surface area (Å²) < 4.78 is 77.4. The number of hydrogen-bond acceptors (Lipinski definition) is 7. The van der Waals surface area contributed by atoms with Gasteiger partial charge in [0.25, 0.3) is 0 Å². The summed E-state index contributed by atoms with van der Waals surface area (Å²) in [5.74, 6) is -0.549. The average molecular weight is 579 g/mol. The number of nitrogens with one attached hydrogen (secondary N) is 1. The number of fused-ring (bicyclic) bond motifs is 2. The molecule has 12 heteroatoms. The smallest absolute Gasteiger partial charge is 0.240 e. The summed E-state index contributed by atoms with van der Waals surface area (Å²) in [6, 6.07) is 8.78. The molecule has 2 aromatic rings. The van der Waals surface area contributed by atoms with E-state index in [2.05, 4.69) is 5.32 Å². The lowest BCUT2D eigenvalue weighted by Crippen LogP contribution is -2.56. The van der Waals surface area contributed by atoms with Gasteiger partial charge in [0.2, 0.25) is 15.9 Å². The molecule has 9 nitrogen and oxygen atoms in total. The fourth-order valence-electron chi connectivity index (χ4n) is 5.15. The Morgan fingerprint density at radius 3 is 2.48 bits per heavy atom. The summed E-state index contributed by atoms with van der Waals surface area (Å²) in [5, 5.41) is 2.66. The van der Waals surface area contributed by atoms with Gasteiger partial charge in [-0.2, -0.15) is 0 Å². The molecule has 0 bridgehead atoms. The summed E-state index contributed by atoms with van der Waals surface area (Å²) in [7, 11) is -3.87. The highest BCUT2D eigenvalue weighted by Gasteiger charge is 2.49. The van der Waals surface area contributed by atoms with Crippen LogP contribution in [0.2, 0.25) is 0 Å². The molecule has 0 unspecified atom stereocenters. The summed E-state index contributed by atoms with van der Waals surface area (Å²) in [4.78, 5) is 26.8. The Labute approximate surface area is 235 Å². The zero-order valence-electron chi connectivity index (χ0n) is 24.5. The van der Waals surface area contributed by atoms with Crippen molar-refractivity contribution in [1.82, 2.24) is 10.2 Å². The lowest BCUT2D eigenvalue weighted by molar-refractivity contribution is -0.126. The van der Waals surface area contributed by atoms with Crippen LogP contribution in [-0.2, 0) is 36.3 Å². The highest BCUT2D eigenvalue weighted by molar-refractivity contribution is 7.92. The van der Waals surface area contributed by atoms with Gasteiger partial charge in [-0.1, -0.05) is 30.3 Å². The number of ether oxygens (including phenoxy) is 1. The number of likely N-dealkylation sites (tertiary alicyclic amines) is 1.